The van der Waals surface area contributed by atoms with E-state index in [9.17, 15) is 4.79 Å². The van der Waals surface area contributed by atoms with Crippen molar-refractivity contribution in [1.29, 1.82) is 0 Å². The van der Waals surface area contributed by atoms with Crippen LogP contribution in [0.15, 0.2) is 24.3 Å². The molecule has 0 aliphatic carbocycles. The van der Waals surface area contributed by atoms with Gasteiger partial charge in [0.05, 0.1) is 6.54 Å². The first-order valence-electron chi connectivity index (χ1n) is 7.69. The van der Waals surface area contributed by atoms with Crippen LogP contribution in [-0.2, 0) is 11.2 Å². The molecule has 1 heterocycles. The largest absolute Gasteiger partial charge is 0.315 e. The maximum atomic E-state index is 12.1. The van der Waals surface area contributed by atoms with Gasteiger partial charge in [0, 0.05) is 19.5 Å². The molecule has 1 aromatic carbocycles. The van der Waals surface area contributed by atoms with Gasteiger partial charge in [0.15, 0.2) is 5.78 Å². The number of Topliss-reactive ketones (excluding diaryl/α,β-unsaturated/α-hetero) is 1. The summed E-state index contributed by atoms with van der Waals surface area (Å²) in [5.41, 5.74) is 2.46. The molecule has 0 unspecified atom stereocenters. The molecule has 1 N–H and O–H groups in total. The summed E-state index contributed by atoms with van der Waals surface area (Å²) in [6.45, 7) is 9.05. The summed E-state index contributed by atoms with van der Waals surface area (Å²) >= 11 is 0. The molecule has 110 valence electrons. The van der Waals surface area contributed by atoms with E-state index in [-0.39, 0.29) is 0 Å². The molecule has 1 aromatic rings. The highest BCUT2D eigenvalue weighted by Crippen LogP contribution is 2.15. The average molecular weight is 274 g/mol. The van der Waals surface area contributed by atoms with Crippen LogP contribution in [0.1, 0.15) is 37.3 Å². The number of nitrogens with zero attached hydrogens (tertiary/aromatic N) is 1. The van der Waals surface area contributed by atoms with Crippen molar-refractivity contribution < 1.29 is 4.79 Å². The molecule has 1 aliphatic heterocycles. The highest BCUT2D eigenvalue weighted by atomic mass is 16.1. The van der Waals surface area contributed by atoms with Crippen molar-refractivity contribution in [3.8, 4) is 0 Å². The molecule has 20 heavy (non-hydrogen) atoms. The molecule has 1 fully saturated rings. The number of hydrogen-bond acceptors (Lipinski definition) is 3. The summed E-state index contributed by atoms with van der Waals surface area (Å²) in [5.74, 6) is 0.869. The third-order valence-corrected chi connectivity index (χ3v) is 3.88. The SMILES string of the molecule is CC(C)c1ccc(CC(=O)CN2CCCNCC2)cc1. The Kier molecular flexibility index (Phi) is 5.74. The Hall–Kier alpha value is -1.19. The Morgan fingerprint density at radius 2 is 1.95 bits per heavy atom. The van der Waals surface area contributed by atoms with Crippen LogP contribution in [0.4, 0.5) is 0 Å². The van der Waals surface area contributed by atoms with Crippen molar-refractivity contribution in [1.82, 2.24) is 10.2 Å². The highest BCUT2D eigenvalue weighted by molar-refractivity contribution is 5.82. The van der Waals surface area contributed by atoms with Gasteiger partial charge in [0.25, 0.3) is 0 Å². The molecular formula is C17H26N2O. The van der Waals surface area contributed by atoms with E-state index in [0.717, 1.165) is 38.2 Å². The van der Waals surface area contributed by atoms with E-state index in [1.165, 1.54) is 5.56 Å². The summed E-state index contributed by atoms with van der Waals surface area (Å²) in [7, 11) is 0. The zero-order valence-corrected chi connectivity index (χ0v) is 12.7. The number of carbonyl (C=O) groups is 1. The molecule has 1 aliphatic rings. The second-order valence-electron chi connectivity index (χ2n) is 5.99. The van der Waals surface area contributed by atoms with Crippen molar-refractivity contribution >= 4 is 5.78 Å². The Morgan fingerprint density at radius 3 is 2.65 bits per heavy atom. The number of rotatable bonds is 5. The standard InChI is InChI=1S/C17H26N2O/c1-14(2)16-6-4-15(5-7-16)12-17(20)13-19-10-3-8-18-9-11-19/h4-7,14,18H,3,8-13H2,1-2H3. The van der Waals surface area contributed by atoms with Gasteiger partial charge in [-0.2, -0.15) is 0 Å². The zero-order chi connectivity index (χ0) is 14.4. The minimum absolute atomic E-state index is 0.323. The monoisotopic (exact) mass is 274 g/mol. The van der Waals surface area contributed by atoms with E-state index < -0.39 is 0 Å². The molecule has 0 radical (unpaired) electrons. The quantitative estimate of drug-likeness (QED) is 0.893. The predicted molar refractivity (Wildman–Crippen MR) is 83.2 cm³/mol. The zero-order valence-electron chi connectivity index (χ0n) is 12.7. The van der Waals surface area contributed by atoms with Gasteiger partial charge in [0.2, 0.25) is 0 Å². The Balaban J connectivity index is 1.84. The van der Waals surface area contributed by atoms with E-state index in [1.54, 1.807) is 0 Å². The van der Waals surface area contributed by atoms with Crippen LogP contribution in [0.3, 0.4) is 0 Å². The van der Waals surface area contributed by atoms with Crippen LogP contribution in [0.2, 0.25) is 0 Å². The van der Waals surface area contributed by atoms with Gasteiger partial charge < -0.3 is 5.32 Å². The third-order valence-electron chi connectivity index (χ3n) is 3.88. The summed E-state index contributed by atoms with van der Waals surface area (Å²) in [6.07, 6.45) is 1.69. The van der Waals surface area contributed by atoms with Gasteiger partial charge in [0.1, 0.15) is 0 Å². The second kappa shape index (κ2) is 7.55. The van der Waals surface area contributed by atoms with Crippen molar-refractivity contribution in [3.05, 3.63) is 35.4 Å². The number of hydrogen-bond donors (Lipinski definition) is 1. The topological polar surface area (TPSA) is 32.3 Å². The summed E-state index contributed by atoms with van der Waals surface area (Å²) in [4.78, 5) is 14.4. The number of ketones is 1. The van der Waals surface area contributed by atoms with Crippen LogP contribution in [0.25, 0.3) is 0 Å². The van der Waals surface area contributed by atoms with Crippen LogP contribution in [0, 0.1) is 0 Å². The van der Waals surface area contributed by atoms with Gasteiger partial charge >= 0.3 is 0 Å². The van der Waals surface area contributed by atoms with Crippen LogP contribution in [-0.4, -0.2) is 43.4 Å². The summed E-state index contributed by atoms with van der Waals surface area (Å²) < 4.78 is 0. The number of carbonyl (C=O) groups excluding carboxylic acids is 1. The maximum absolute atomic E-state index is 12.1. The normalized spacial score (nSPS) is 17.1. The molecular weight excluding hydrogens is 248 g/mol. The van der Waals surface area contributed by atoms with Crippen LogP contribution in [0.5, 0.6) is 0 Å². The van der Waals surface area contributed by atoms with Gasteiger partial charge in [-0.15, -0.1) is 0 Å². The molecule has 2 rings (SSSR count). The average Bonchev–Trinajstić information content (AvgIpc) is 2.68. The van der Waals surface area contributed by atoms with E-state index in [0.29, 0.717) is 24.7 Å². The van der Waals surface area contributed by atoms with Gasteiger partial charge in [-0.1, -0.05) is 38.1 Å². The first kappa shape index (κ1) is 15.2. The summed E-state index contributed by atoms with van der Waals surface area (Å²) in [6, 6.07) is 8.47. The van der Waals surface area contributed by atoms with Crippen molar-refractivity contribution in [2.75, 3.05) is 32.7 Å². The van der Waals surface area contributed by atoms with E-state index >= 15 is 0 Å². The molecule has 0 aromatic heterocycles. The maximum Gasteiger partial charge on any atom is 0.151 e. The van der Waals surface area contributed by atoms with Crippen LogP contribution >= 0.6 is 0 Å². The Morgan fingerprint density at radius 1 is 1.20 bits per heavy atom. The van der Waals surface area contributed by atoms with Gasteiger partial charge in [-0.3, -0.25) is 9.69 Å². The second-order valence-corrected chi connectivity index (χ2v) is 5.99. The molecule has 0 bridgehead atoms. The van der Waals surface area contributed by atoms with E-state index in [2.05, 4.69) is 48.3 Å². The van der Waals surface area contributed by atoms with Crippen molar-refractivity contribution in [2.24, 2.45) is 0 Å². The minimum atomic E-state index is 0.323. The van der Waals surface area contributed by atoms with Crippen molar-refractivity contribution in [2.45, 2.75) is 32.6 Å². The first-order chi connectivity index (χ1) is 9.65. The lowest BCUT2D eigenvalue weighted by Gasteiger charge is -2.18. The molecule has 3 nitrogen and oxygen atoms in total. The number of benzene rings is 1. The summed E-state index contributed by atoms with van der Waals surface area (Å²) in [5, 5.41) is 3.36. The highest BCUT2D eigenvalue weighted by Gasteiger charge is 2.13. The van der Waals surface area contributed by atoms with E-state index in [4.69, 9.17) is 0 Å². The fraction of sp³-hybridized carbons (Fsp3) is 0.588. The molecule has 0 amide bonds. The lowest BCUT2D eigenvalue weighted by molar-refractivity contribution is -0.119. The third kappa shape index (κ3) is 4.73. The minimum Gasteiger partial charge on any atom is -0.315 e. The predicted octanol–water partition coefficient (Wildman–Crippen LogP) is 2.22. The van der Waals surface area contributed by atoms with E-state index in [1.807, 2.05) is 0 Å². The molecule has 1 saturated heterocycles. The van der Waals surface area contributed by atoms with Gasteiger partial charge in [-0.25, -0.2) is 0 Å². The first-order valence-corrected chi connectivity index (χ1v) is 7.69. The molecule has 0 spiro atoms. The Bertz CT molecular complexity index is 417. The van der Waals surface area contributed by atoms with Crippen LogP contribution < -0.4 is 5.32 Å². The molecule has 3 heteroatoms. The smallest absolute Gasteiger partial charge is 0.151 e. The number of nitrogens with one attached hydrogen (secondary N) is 1. The fourth-order valence-corrected chi connectivity index (χ4v) is 2.61. The van der Waals surface area contributed by atoms with Gasteiger partial charge in [-0.05, 0) is 36.6 Å². The lowest BCUT2D eigenvalue weighted by atomic mass is 10.00. The lowest BCUT2D eigenvalue weighted by Crippen LogP contribution is -2.33. The molecule has 0 saturated carbocycles. The molecule has 0 atom stereocenters. The fourth-order valence-electron chi connectivity index (χ4n) is 2.61. The van der Waals surface area contributed by atoms with Crippen molar-refractivity contribution in [3.63, 3.8) is 0 Å². The Labute approximate surface area is 122 Å².